The molecule has 5 heteroatoms. The Bertz CT molecular complexity index is 501. The zero-order valence-electron chi connectivity index (χ0n) is 16.2. The molecule has 126 valence electrons. The van der Waals surface area contributed by atoms with Gasteiger partial charge in [-0.25, -0.2) is 0 Å². The van der Waals surface area contributed by atoms with Gasteiger partial charge in [0.2, 0.25) is 0 Å². The van der Waals surface area contributed by atoms with Crippen molar-refractivity contribution in [2.45, 2.75) is 105 Å². The van der Waals surface area contributed by atoms with E-state index in [-0.39, 0.29) is 22.2 Å². The zero-order chi connectivity index (χ0) is 17.3. The summed E-state index contributed by atoms with van der Waals surface area (Å²) in [5.74, 6) is 0. The van der Waals surface area contributed by atoms with Crippen LogP contribution in [0.15, 0.2) is 14.0 Å². The van der Waals surface area contributed by atoms with E-state index in [2.05, 4.69) is 83.1 Å². The SMILES string of the molecule is CC(C)(C)[N]=[W](=[N]C(C)(C)C)(=[N]C(C)(C)C)=[N]C(C)(C)C. The number of hydrogen-bond acceptors (Lipinski definition) is 4. The molecule has 0 radical (unpaired) electrons. The van der Waals surface area contributed by atoms with Gasteiger partial charge in [0.25, 0.3) is 0 Å². The van der Waals surface area contributed by atoms with Crippen molar-refractivity contribution in [3.63, 3.8) is 0 Å². The summed E-state index contributed by atoms with van der Waals surface area (Å²) in [5.41, 5.74) is -0.692. The van der Waals surface area contributed by atoms with Crippen LogP contribution in [0, 0.1) is 0 Å². The quantitative estimate of drug-likeness (QED) is 0.415. The zero-order valence-corrected chi connectivity index (χ0v) is 19.1. The van der Waals surface area contributed by atoms with Gasteiger partial charge in [0, 0.05) is 0 Å². The fourth-order valence-corrected chi connectivity index (χ4v) is 13.0. The molecule has 0 aliphatic carbocycles. The van der Waals surface area contributed by atoms with Crippen LogP contribution in [-0.4, -0.2) is 22.2 Å². The van der Waals surface area contributed by atoms with Gasteiger partial charge in [-0.2, -0.15) is 0 Å². The van der Waals surface area contributed by atoms with Gasteiger partial charge in [-0.05, 0) is 0 Å². The summed E-state index contributed by atoms with van der Waals surface area (Å²) in [5, 5.41) is 0. The third-order valence-electron chi connectivity index (χ3n) is 1.59. The van der Waals surface area contributed by atoms with Crippen LogP contribution in [0.5, 0.6) is 0 Å². The normalized spacial score (nSPS) is 13.9. The minimum absolute atomic E-state index is 0.173. The van der Waals surface area contributed by atoms with Gasteiger partial charge in [-0.1, -0.05) is 0 Å². The Morgan fingerprint density at radius 2 is 0.524 bits per heavy atom. The number of hydrogen-bond donors (Lipinski definition) is 0. The topological polar surface area (TPSA) is 49.4 Å². The van der Waals surface area contributed by atoms with Gasteiger partial charge < -0.3 is 0 Å². The molecule has 0 aliphatic rings. The third kappa shape index (κ3) is 11.2. The van der Waals surface area contributed by atoms with Gasteiger partial charge in [0.1, 0.15) is 0 Å². The Balaban J connectivity index is 7.26. The first kappa shape index (κ1) is 20.9. The molecular formula is C16H36N4W. The van der Waals surface area contributed by atoms with Crippen molar-refractivity contribution in [3.8, 4) is 0 Å². The fraction of sp³-hybridized carbons (Fsp3) is 1.00. The second kappa shape index (κ2) is 6.18. The second-order valence-electron chi connectivity index (χ2n) is 9.54. The van der Waals surface area contributed by atoms with Gasteiger partial charge in [-0.3, -0.25) is 0 Å². The van der Waals surface area contributed by atoms with Crippen LogP contribution in [0.4, 0.5) is 0 Å². The molecule has 21 heavy (non-hydrogen) atoms. The number of nitrogens with zero attached hydrogens (tertiary/aromatic N) is 4. The Morgan fingerprint density at radius 1 is 0.381 bits per heavy atom. The molecular weight excluding hydrogens is 432 g/mol. The second-order valence-corrected chi connectivity index (χ2v) is 15.7. The summed E-state index contributed by atoms with van der Waals surface area (Å²) < 4.78 is 20.4. The van der Waals surface area contributed by atoms with Crippen LogP contribution in [0.25, 0.3) is 0 Å². The molecule has 0 N–H and O–H groups in total. The average molecular weight is 468 g/mol. The first-order valence-corrected chi connectivity index (χ1v) is 12.9. The first-order valence-electron chi connectivity index (χ1n) is 7.62. The molecule has 0 rings (SSSR count). The van der Waals surface area contributed by atoms with E-state index < -0.39 is 15.3 Å². The van der Waals surface area contributed by atoms with Gasteiger partial charge in [0.05, 0.1) is 0 Å². The Hall–Kier alpha value is -0.112. The summed E-state index contributed by atoms with van der Waals surface area (Å²) in [7, 11) is 0. The van der Waals surface area contributed by atoms with E-state index in [1.54, 1.807) is 0 Å². The van der Waals surface area contributed by atoms with Crippen molar-refractivity contribution in [2.75, 3.05) is 0 Å². The Labute approximate surface area is 134 Å². The summed E-state index contributed by atoms with van der Waals surface area (Å²) in [6.45, 7) is 25.4. The molecule has 0 amide bonds. The molecule has 0 heterocycles. The summed E-state index contributed by atoms with van der Waals surface area (Å²) >= 11 is -3.72. The van der Waals surface area contributed by atoms with E-state index in [0.717, 1.165) is 0 Å². The average Bonchev–Trinajstić information content (AvgIpc) is 1.83. The van der Waals surface area contributed by atoms with E-state index in [0.29, 0.717) is 0 Å². The summed E-state index contributed by atoms with van der Waals surface area (Å²) in [6, 6.07) is 0. The number of rotatable bonds is 0. The van der Waals surface area contributed by atoms with E-state index in [1.807, 2.05) is 0 Å². The molecule has 0 aromatic rings. The Morgan fingerprint density at radius 3 is 0.619 bits per heavy atom. The predicted molar refractivity (Wildman–Crippen MR) is 88.7 cm³/mol. The molecule has 0 aliphatic heterocycles. The van der Waals surface area contributed by atoms with Crippen molar-refractivity contribution in [3.05, 3.63) is 0 Å². The van der Waals surface area contributed by atoms with Crippen LogP contribution < -0.4 is 0 Å². The maximum absolute atomic E-state index is 5.10. The molecule has 0 aromatic heterocycles. The third-order valence-corrected chi connectivity index (χ3v) is 13.0. The van der Waals surface area contributed by atoms with Crippen molar-refractivity contribution < 1.29 is 15.3 Å². The van der Waals surface area contributed by atoms with E-state index >= 15 is 0 Å². The molecule has 0 atom stereocenters. The van der Waals surface area contributed by atoms with Gasteiger partial charge in [-0.15, -0.1) is 0 Å². The van der Waals surface area contributed by atoms with Gasteiger partial charge >= 0.3 is 135 Å². The minimum atomic E-state index is -3.72. The monoisotopic (exact) mass is 468 g/mol. The molecule has 4 nitrogen and oxygen atoms in total. The molecule has 0 bridgehead atoms. The predicted octanol–water partition coefficient (Wildman–Crippen LogP) is 6.07. The van der Waals surface area contributed by atoms with Crippen molar-refractivity contribution >= 4 is 0 Å². The van der Waals surface area contributed by atoms with E-state index in [4.69, 9.17) is 14.0 Å². The van der Waals surface area contributed by atoms with Crippen molar-refractivity contribution in [1.82, 2.24) is 0 Å². The van der Waals surface area contributed by atoms with Crippen molar-refractivity contribution in [1.29, 1.82) is 0 Å². The first-order chi connectivity index (χ1) is 8.83. The van der Waals surface area contributed by atoms with Crippen LogP contribution in [0.3, 0.4) is 0 Å². The van der Waals surface area contributed by atoms with Gasteiger partial charge in [0.15, 0.2) is 0 Å². The Kier molecular flexibility index (Phi) is 6.15. The molecule has 0 saturated heterocycles. The molecule has 0 fully saturated rings. The van der Waals surface area contributed by atoms with Crippen molar-refractivity contribution in [2.24, 2.45) is 14.0 Å². The summed E-state index contributed by atoms with van der Waals surface area (Å²) in [6.07, 6.45) is 0. The van der Waals surface area contributed by atoms with Crippen LogP contribution in [-0.2, 0) is 15.3 Å². The molecule has 0 saturated carbocycles. The molecule has 0 unspecified atom stereocenters. The standard InChI is InChI=1S/4C4H9N.W/c4*1-4(2,3)5;/h4*1-3H3;. The van der Waals surface area contributed by atoms with Crippen LogP contribution in [0.2, 0.25) is 0 Å². The van der Waals surface area contributed by atoms with E-state index in [1.165, 1.54) is 0 Å². The fourth-order valence-electron chi connectivity index (χ4n) is 1.59. The van der Waals surface area contributed by atoms with Crippen LogP contribution >= 0.6 is 0 Å². The summed E-state index contributed by atoms with van der Waals surface area (Å²) in [4.78, 5) is 0. The molecule has 0 aromatic carbocycles. The van der Waals surface area contributed by atoms with E-state index in [9.17, 15) is 0 Å². The van der Waals surface area contributed by atoms with Crippen LogP contribution in [0.1, 0.15) is 83.1 Å². The molecule has 0 spiro atoms. The maximum atomic E-state index is 5.10.